The van der Waals surface area contributed by atoms with Crippen LogP contribution < -0.4 is 11.3 Å². The molecule has 0 fully saturated rings. The van der Waals surface area contributed by atoms with E-state index in [-0.39, 0.29) is 11.6 Å². The second kappa shape index (κ2) is 6.65. The number of nitrogens with one attached hydrogen (secondary N) is 1. The van der Waals surface area contributed by atoms with Crippen molar-refractivity contribution in [3.05, 3.63) is 16.4 Å². The van der Waals surface area contributed by atoms with Gasteiger partial charge >= 0.3 is 0 Å². The molecule has 3 N–H and O–H groups in total. The number of rotatable bonds is 6. The highest BCUT2D eigenvalue weighted by molar-refractivity contribution is 9.10. The first kappa shape index (κ1) is 15.6. The van der Waals surface area contributed by atoms with Crippen molar-refractivity contribution in [2.45, 2.75) is 52.3 Å². The molecule has 0 spiro atoms. The van der Waals surface area contributed by atoms with Crippen LogP contribution in [0.2, 0.25) is 0 Å². The van der Waals surface area contributed by atoms with E-state index in [1.165, 1.54) is 0 Å². The number of hydrazine groups is 1. The second-order valence-corrected chi connectivity index (χ2v) is 6.10. The molecule has 6 heteroatoms. The van der Waals surface area contributed by atoms with Crippen LogP contribution in [0.1, 0.15) is 45.9 Å². The fraction of sp³-hybridized carbons (Fsp3) is 0.750. The van der Waals surface area contributed by atoms with Gasteiger partial charge in [0.25, 0.3) is 0 Å². The molecule has 1 aromatic heterocycles. The fourth-order valence-electron chi connectivity index (χ4n) is 1.65. The van der Waals surface area contributed by atoms with Gasteiger partial charge in [-0.3, -0.25) is 10.5 Å². The van der Waals surface area contributed by atoms with Crippen molar-refractivity contribution in [3.63, 3.8) is 0 Å². The minimum Gasteiger partial charge on any atom is -0.374 e. The molecule has 0 aliphatic rings. The third-order valence-electron chi connectivity index (χ3n) is 2.48. The van der Waals surface area contributed by atoms with Crippen molar-refractivity contribution in [1.29, 1.82) is 0 Å². The lowest BCUT2D eigenvalue weighted by Crippen LogP contribution is -2.36. The monoisotopic (exact) mass is 318 g/mol. The van der Waals surface area contributed by atoms with Gasteiger partial charge in [0.05, 0.1) is 34.6 Å². The van der Waals surface area contributed by atoms with Gasteiger partial charge in [0.2, 0.25) is 0 Å². The van der Waals surface area contributed by atoms with E-state index in [4.69, 9.17) is 10.6 Å². The van der Waals surface area contributed by atoms with Gasteiger partial charge in [-0.2, -0.15) is 5.10 Å². The Morgan fingerprint density at radius 1 is 1.56 bits per heavy atom. The normalized spacial score (nSPS) is 13.9. The SMILES string of the molecule is CCCn1ncc(Br)c1C(COC(C)(C)C)NN. The highest BCUT2D eigenvalue weighted by Crippen LogP contribution is 2.24. The zero-order chi connectivity index (χ0) is 13.8. The minimum absolute atomic E-state index is 0.0763. The zero-order valence-corrected chi connectivity index (χ0v) is 13.1. The fourth-order valence-corrected chi connectivity index (χ4v) is 2.22. The maximum absolute atomic E-state index is 5.79. The Balaban J connectivity index is 2.84. The summed E-state index contributed by atoms with van der Waals surface area (Å²) in [5, 5.41) is 4.34. The lowest BCUT2D eigenvalue weighted by molar-refractivity contribution is -0.0159. The molecule has 5 nitrogen and oxygen atoms in total. The Bertz CT molecular complexity index is 373. The van der Waals surface area contributed by atoms with Crippen LogP contribution in [0.3, 0.4) is 0 Å². The molecule has 0 aliphatic carbocycles. The topological polar surface area (TPSA) is 65.1 Å². The van der Waals surface area contributed by atoms with Crippen LogP contribution in [0, 0.1) is 0 Å². The first-order valence-electron chi connectivity index (χ1n) is 6.20. The van der Waals surface area contributed by atoms with E-state index in [1.807, 2.05) is 25.5 Å². The Hall–Kier alpha value is -0.430. The molecular formula is C12H23BrN4O. The number of nitrogens with zero attached hydrogens (tertiary/aromatic N) is 2. The Morgan fingerprint density at radius 2 is 2.22 bits per heavy atom. The Kier molecular flexibility index (Phi) is 5.78. The average molecular weight is 319 g/mol. The molecule has 1 atom stereocenters. The van der Waals surface area contributed by atoms with Crippen molar-refractivity contribution in [2.75, 3.05) is 6.61 Å². The van der Waals surface area contributed by atoms with Crippen LogP contribution in [0.25, 0.3) is 0 Å². The summed E-state index contributed by atoms with van der Waals surface area (Å²) >= 11 is 3.51. The molecule has 0 radical (unpaired) electrons. The predicted octanol–water partition coefficient (Wildman–Crippen LogP) is 2.38. The standard InChI is InChI=1S/C12H23BrN4O/c1-5-6-17-11(9(13)7-15-17)10(16-14)8-18-12(2,3)4/h7,10,16H,5-6,8,14H2,1-4H3. The first-order valence-corrected chi connectivity index (χ1v) is 6.99. The number of ether oxygens (including phenoxy) is 1. The minimum atomic E-state index is -0.183. The van der Waals surface area contributed by atoms with E-state index < -0.39 is 0 Å². The van der Waals surface area contributed by atoms with Crippen LogP contribution in [0.4, 0.5) is 0 Å². The van der Waals surface area contributed by atoms with Gasteiger partial charge in [0, 0.05) is 6.54 Å². The molecule has 1 aromatic rings. The van der Waals surface area contributed by atoms with Gasteiger partial charge in [0.1, 0.15) is 0 Å². The van der Waals surface area contributed by atoms with Gasteiger partial charge in [0.15, 0.2) is 0 Å². The first-order chi connectivity index (χ1) is 8.39. The molecule has 0 saturated heterocycles. The summed E-state index contributed by atoms with van der Waals surface area (Å²) in [6.45, 7) is 9.58. The summed E-state index contributed by atoms with van der Waals surface area (Å²) in [5.74, 6) is 5.64. The lowest BCUT2D eigenvalue weighted by Gasteiger charge is -2.25. The van der Waals surface area contributed by atoms with Gasteiger partial charge in [-0.25, -0.2) is 5.43 Å². The molecule has 1 unspecified atom stereocenters. The van der Waals surface area contributed by atoms with E-state index in [2.05, 4.69) is 33.4 Å². The van der Waals surface area contributed by atoms with Gasteiger partial charge < -0.3 is 4.74 Å². The van der Waals surface area contributed by atoms with Gasteiger partial charge in [-0.05, 0) is 43.1 Å². The van der Waals surface area contributed by atoms with E-state index >= 15 is 0 Å². The summed E-state index contributed by atoms with van der Waals surface area (Å²) in [5.41, 5.74) is 3.65. The van der Waals surface area contributed by atoms with Crippen LogP contribution in [-0.4, -0.2) is 22.0 Å². The molecule has 18 heavy (non-hydrogen) atoms. The molecule has 0 bridgehead atoms. The average Bonchev–Trinajstić information content (AvgIpc) is 2.62. The number of aryl methyl sites for hydroxylation is 1. The molecule has 0 aliphatic heterocycles. The third kappa shape index (κ3) is 4.35. The van der Waals surface area contributed by atoms with Gasteiger partial charge in [-0.1, -0.05) is 6.92 Å². The van der Waals surface area contributed by atoms with Crippen molar-refractivity contribution in [2.24, 2.45) is 5.84 Å². The van der Waals surface area contributed by atoms with Crippen LogP contribution >= 0.6 is 15.9 Å². The van der Waals surface area contributed by atoms with Gasteiger partial charge in [-0.15, -0.1) is 0 Å². The summed E-state index contributed by atoms with van der Waals surface area (Å²) < 4.78 is 8.70. The molecule has 0 aromatic carbocycles. The highest BCUT2D eigenvalue weighted by atomic mass is 79.9. The van der Waals surface area contributed by atoms with E-state index in [0.717, 1.165) is 23.1 Å². The molecular weight excluding hydrogens is 296 g/mol. The highest BCUT2D eigenvalue weighted by Gasteiger charge is 2.21. The largest absolute Gasteiger partial charge is 0.374 e. The van der Waals surface area contributed by atoms with Crippen molar-refractivity contribution in [1.82, 2.24) is 15.2 Å². The lowest BCUT2D eigenvalue weighted by atomic mass is 10.1. The summed E-state index contributed by atoms with van der Waals surface area (Å²) in [6.07, 6.45) is 2.82. The molecule has 0 saturated carbocycles. The number of halogens is 1. The van der Waals surface area contributed by atoms with E-state index in [0.29, 0.717) is 6.61 Å². The van der Waals surface area contributed by atoms with Crippen LogP contribution in [0.15, 0.2) is 10.7 Å². The smallest absolute Gasteiger partial charge is 0.0873 e. The maximum atomic E-state index is 5.79. The molecule has 1 rings (SSSR count). The Morgan fingerprint density at radius 3 is 2.72 bits per heavy atom. The van der Waals surface area contributed by atoms with E-state index in [1.54, 1.807) is 6.20 Å². The molecule has 1 heterocycles. The number of aromatic nitrogens is 2. The summed E-state index contributed by atoms with van der Waals surface area (Å²) in [6, 6.07) is -0.0763. The number of hydrogen-bond donors (Lipinski definition) is 2. The molecule has 0 amide bonds. The third-order valence-corrected chi connectivity index (χ3v) is 3.09. The van der Waals surface area contributed by atoms with Crippen LogP contribution in [-0.2, 0) is 11.3 Å². The Labute approximate surface area is 117 Å². The summed E-state index contributed by atoms with van der Waals surface area (Å²) in [7, 11) is 0. The van der Waals surface area contributed by atoms with Crippen molar-refractivity contribution >= 4 is 15.9 Å². The quantitative estimate of drug-likeness (QED) is 0.624. The van der Waals surface area contributed by atoms with E-state index in [9.17, 15) is 0 Å². The predicted molar refractivity (Wildman–Crippen MR) is 76.0 cm³/mol. The van der Waals surface area contributed by atoms with Crippen molar-refractivity contribution in [3.8, 4) is 0 Å². The van der Waals surface area contributed by atoms with Crippen LogP contribution in [0.5, 0.6) is 0 Å². The van der Waals surface area contributed by atoms with Crippen molar-refractivity contribution < 1.29 is 4.74 Å². The second-order valence-electron chi connectivity index (χ2n) is 5.24. The zero-order valence-electron chi connectivity index (χ0n) is 11.5. The number of hydrogen-bond acceptors (Lipinski definition) is 4. The summed E-state index contributed by atoms with van der Waals surface area (Å²) in [4.78, 5) is 0. The molecule has 104 valence electrons. The number of nitrogens with two attached hydrogens (primary N) is 1. The maximum Gasteiger partial charge on any atom is 0.0873 e.